The van der Waals surface area contributed by atoms with Crippen LogP contribution in [0.2, 0.25) is 0 Å². The third-order valence-corrected chi connectivity index (χ3v) is 11.2. The fourth-order valence-corrected chi connectivity index (χ4v) is 7.71. The van der Waals surface area contributed by atoms with Gasteiger partial charge in [-0.05, 0) is 46.5 Å². The van der Waals surface area contributed by atoms with Crippen LogP contribution in [0.3, 0.4) is 0 Å². The van der Waals surface area contributed by atoms with Gasteiger partial charge in [-0.25, -0.2) is 0 Å². The van der Waals surface area contributed by atoms with E-state index in [2.05, 4.69) is 0 Å². The molecule has 14 nitrogen and oxygen atoms in total. The summed E-state index contributed by atoms with van der Waals surface area (Å²) in [4.78, 5) is 25.4. The second-order valence-electron chi connectivity index (χ2n) is 15.6. The molecule has 15 heteroatoms. The van der Waals surface area contributed by atoms with Gasteiger partial charge in [0.15, 0.2) is 18.7 Å². The van der Waals surface area contributed by atoms with Gasteiger partial charge < -0.3 is 57.2 Å². The minimum absolute atomic E-state index is 0.0609. The molecule has 0 bridgehead atoms. The van der Waals surface area contributed by atoms with Crippen molar-refractivity contribution in [2.75, 3.05) is 26.2 Å². The molecule has 5 aromatic rings. The van der Waals surface area contributed by atoms with E-state index in [1.807, 2.05) is 121 Å². The Hall–Kier alpha value is -5.39. The first-order valence-corrected chi connectivity index (χ1v) is 22.2. The maximum Gasteiger partial charge on any atom is 0.321 e. The number of carbonyl (C=O) groups excluding carboxylic acids is 2. The highest BCUT2D eigenvalue weighted by Crippen LogP contribution is 2.36. The van der Waals surface area contributed by atoms with Crippen LogP contribution in [-0.2, 0) is 78.6 Å². The van der Waals surface area contributed by atoms with Crippen LogP contribution in [-0.4, -0.2) is 105 Å². The van der Waals surface area contributed by atoms with Gasteiger partial charge in [-0.3, -0.25) is 9.59 Å². The Kier molecular flexibility index (Phi) is 18.3. The van der Waals surface area contributed by atoms with E-state index < -0.39 is 79.2 Å². The van der Waals surface area contributed by atoms with Crippen LogP contribution >= 0.6 is 11.6 Å². The average molecular weight is 927 g/mol. The summed E-state index contributed by atoms with van der Waals surface area (Å²) >= 11 is 6.01. The Morgan fingerprint density at radius 1 is 0.545 bits per heavy atom. The van der Waals surface area contributed by atoms with E-state index in [4.69, 9.17) is 63.7 Å². The fourth-order valence-electron chi connectivity index (χ4n) is 7.65. The Balaban J connectivity index is 1.29. The predicted octanol–water partition coefficient (Wildman–Crippen LogP) is 6.96. The number of rotatable bonds is 22. The summed E-state index contributed by atoms with van der Waals surface area (Å²) in [6, 6.07) is 45.0. The molecule has 1 N–H and O–H groups in total. The van der Waals surface area contributed by atoms with E-state index in [-0.39, 0.29) is 39.6 Å². The molecule has 0 amide bonds. The molecular weight excluding hydrogens is 872 g/mol. The highest BCUT2D eigenvalue weighted by atomic mass is 35.5. The quantitative estimate of drug-likeness (QED) is 0.0562. The Labute approximate surface area is 389 Å². The first-order valence-electron chi connectivity index (χ1n) is 21.7. The zero-order valence-corrected chi connectivity index (χ0v) is 37.5. The molecule has 5 aromatic carbocycles. The molecule has 350 valence electrons. The van der Waals surface area contributed by atoms with Gasteiger partial charge in [0.2, 0.25) is 0 Å². The van der Waals surface area contributed by atoms with Crippen molar-refractivity contribution < 1.29 is 66.8 Å². The lowest BCUT2D eigenvalue weighted by Gasteiger charge is -2.49. The molecule has 2 aliphatic rings. The monoisotopic (exact) mass is 926 g/mol. The molecule has 2 saturated heterocycles. The molecule has 0 aromatic heterocycles. The van der Waals surface area contributed by atoms with Gasteiger partial charge in [-0.15, -0.1) is 11.6 Å². The van der Waals surface area contributed by atoms with Crippen LogP contribution < -0.4 is 9.47 Å². The van der Waals surface area contributed by atoms with Crippen LogP contribution in [0, 0.1) is 0 Å². The summed E-state index contributed by atoms with van der Waals surface area (Å²) in [5.74, 6) is -0.694. The average Bonchev–Trinajstić information content (AvgIpc) is 3.35. The summed E-state index contributed by atoms with van der Waals surface area (Å²) in [5, 5.41) is 11.8. The number of hydrogen-bond donors (Lipinski definition) is 1. The molecule has 2 heterocycles. The van der Waals surface area contributed by atoms with Crippen molar-refractivity contribution in [3.05, 3.63) is 168 Å². The number of carbonyl (C=O) groups is 2. The Morgan fingerprint density at radius 2 is 0.985 bits per heavy atom. The van der Waals surface area contributed by atoms with E-state index >= 15 is 0 Å². The first kappa shape index (κ1) is 48.5. The number of hydrogen-bond acceptors (Lipinski definition) is 14. The highest BCUT2D eigenvalue weighted by molar-refractivity contribution is 6.26. The highest BCUT2D eigenvalue weighted by Gasteiger charge is 2.55. The van der Waals surface area contributed by atoms with Gasteiger partial charge in [-0.1, -0.05) is 121 Å². The minimum atomic E-state index is -1.51. The normalized spacial score (nSPS) is 25.1. The molecule has 0 saturated carbocycles. The van der Waals surface area contributed by atoms with Crippen molar-refractivity contribution in [1.29, 1.82) is 0 Å². The molecule has 0 aliphatic carbocycles. The van der Waals surface area contributed by atoms with Crippen molar-refractivity contribution in [2.24, 2.45) is 0 Å². The van der Waals surface area contributed by atoms with Crippen molar-refractivity contribution in [2.45, 2.75) is 94.8 Å². The molecule has 0 spiro atoms. The predicted molar refractivity (Wildman–Crippen MR) is 240 cm³/mol. The fraction of sp³-hybridized carbons (Fsp3) is 0.373. The standard InChI is InChI=1S/C51H55ClO14/c1-34(53)57-32-42-44(65-43(54)27-52)47(60-29-36-17-9-4-10-18-36)49(62-31-38-21-13-6-14-22-38)51(64-42)66-45-41(33-58-40-25-23-39(56-2)24-26-40)63-50(55)48(61-30-37-19-11-5-12-20-37)46(45)59-28-35-15-7-3-8-16-35/h3-26,41-42,44-51,55H,27-33H2,1-2H3/t41-,42-,44+,45+,46+,47+,48-,49-,50-,51-/m1/s1. The minimum Gasteiger partial charge on any atom is -0.497 e. The SMILES string of the molecule is COc1ccc(OC[C@H]2O[C@@H](O)[C@H](OCc3ccccc3)[C@@H](OCc3ccccc3)[C@H]2O[C@H]2O[C@H](COC(C)=O)[C@H](OC(=O)CCl)[C@H](OCc3ccccc3)[C@H]2OCc2ccccc2)cc1. The van der Waals surface area contributed by atoms with Crippen molar-refractivity contribution in [3.8, 4) is 11.5 Å². The molecule has 7 rings (SSSR count). The van der Waals surface area contributed by atoms with Crippen LogP contribution in [0.5, 0.6) is 11.5 Å². The van der Waals surface area contributed by atoms with Gasteiger partial charge >= 0.3 is 11.9 Å². The summed E-state index contributed by atoms with van der Waals surface area (Å²) < 4.78 is 70.0. The van der Waals surface area contributed by atoms with Crippen LogP contribution in [0.1, 0.15) is 29.2 Å². The molecular formula is C51H55ClO14. The van der Waals surface area contributed by atoms with Crippen LogP contribution in [0.4, 0.5) is 0 Å². The molecule has 0 unspecified atom stereocenters. The van der Waals surface area contributed by atoms with Crippen LogP contribution in [0.15, 0.2) is 146 Å². The van der Waals surface area contributed by atoms with E-state index in [1.165, 1.54) is 6.92 Å². The summed E-state index contributed by atoms with van der Waals surface area (Å²) in [6.07, 6.45) is -11.7. The van der Waals surface area contributed by atoms with Crippen LogP contribution in [0.25, 0.3) is 0 Å². The van der Waals surface area contributed by atoms with Crippen molar-refractivity contribution in [1.82, 2.24) is 0 Å². The number of ether oxygens (including phenoxy) is 11. The molecule has 10 atom stereocenters. The van der Waals surface area contributed by atoms with Gasteiger partial charge in [0, 0.05) is 6.92 Å². The lowest BCUT2D eigenvalue weighted by molar-refractivity contribution is -0.370. The Bertz CT molecular complexity index is 2190. The number of alkyl halides is 1. The van der Waals surface area contributed by atoms with Gasteiger partial charge in [0.25, 0.3) is 0 Å². The Morgan fingerprint density at radius 3 is 1.45 bits per heavy atom. The molecule has 2 fully saturated rings. The number of methoxy groups -OCH3 is 1. The van der Waals surface area contributed by atoms with Gasteiger partial charge in [-0.2, -0.15) is 0 Å². The third kappa shape index (κ3) is 13.8. The third-order valence-electron chi connectivity index (χ3n) is 10.9. The van der Waals surface area contributed by atoms with Crippen molar-refractivity contribution in [3.63, 3.8) is 0 Å². The topological polar surface area (TPSA) is 156 Å². The largest absolute Gasteiger partial charge is 0.497 e. The smallest absolute Gasteiger partial charge is 0.321 e. The summed E-state index contributed by atoms with van der Waals surface area (Å²) in [6.45, 7) is 1.10. The lowest BCUT2D eigenvalue weighted by Crippen LogP contribution is -2.66. The first-order chi connectivity index (χ1) is 32.3. The number of esters is 2. The maximum atomic E-state index is 13.1. The number of benzene rings is 5. The lowest BCUT2D eigenvalue weighted by atomic mass is 9.95. The van der Waals surface area contributed by atoms with Gasteiger partial charge in [0.05, 0.1) is 33.5 Å². The zero-order valence-electron chi connectivity index (χ0n) is 36.7. The molecule has 0 radical (unpaired) electrons. The summed E-state index contributed by atoms with van der Waals surface area (Å²) in [5.41, 5.74) is 3.34. The maximum absolute atomic E-state index is 13.1. The van der Waals surface area contributed by atoms with Gasteiger partial charge in [0.1, 0.15) is 73.3 Å². The molecule has 66 heavy (non-hydrogen) atoms. The number of aliphatic hydroxyl groups is 1. The number of halogens is 1. The van der Waals surface area contributed by atoms with E-state index in [9.17, 15) is 14.7 Å². The second kappa shape index (κ2) is 24.9. The van der Waals surface area contributed by atoms with Crippen molar-refractivity contribution >= 4 is 23.5 Å². The zero-order chi connectivity index (χ0) is 46.1. The van der Waals surface area contributed by atoms with E-state index in [1.54, 1.807) is 31.4 Å². The number of aliphatic hydroxyl groups excluding tert-OH is 1. The summed E-state index contributed by atoms with van der Waals surface area (Å²) in [7, 11) is 1.57. The second-order valence-corrected chi connectivity index (χ2v) is 15.9. The van der Waals surface area contributed by atoms with E-state index in [0.717, 1.165) is 22.3 Å². The van der Waals surface area contributed by atoms with E-state index in [0.29, 0.717) is 11.5 Å². The molecule has 2 aliphatic heterocycles.